The van der Waals surface area contributed by atoms with E-state index in [1.165, 1.54) is 36.4 Å². The van der Waals surface area contributed by atoms with E-state index in [2.05, 4.69) is 20.7 Å². The Balaban J connectivity index is 2.30. The molecule has 2 aromatic rings. The van der Waals surface area contributed by atoms with Crippen molar-refractivity contribution < 1.29 is 17.6 Å². The number of rotatable bonds is 4. The van der Waals surface area contributed by atoms with Crippen LogP contribution in [0.2, 0.25) is 0 Å². The van der Waals surface area contributed by atoms with Crippen molar-refractivity contribution in [2.24, 2.45) is 0 Å². The van der Waals surface area contributed by atoms with Crippen molar-refractivity contribution in [3.05, 3.63) is 63.9 Å². The average molecular weight is 372 g/mol. The molecule has 0 saturated carbocycles. The highest BCUT2D eigenvalue weighted by molar-refractivity contribution is 9.10. The van der Waals surface area contributed by atoms with Gasteiger partial charge in [0, 0.05) is 21.3 Å². The highest BCUT2D eigenvalue weighted by Gasteiger charge is 2.14. The van der Waals surface area contributed by atoms with E-state index in [0.29, 0.717) is 15.7 Å². The molecule has 0 aliphatic carbocycles. The molecule has 7 heteroatoms. The molecule has 0 radical (unpaired) electrons. The number of sulfonamides is 1. The van der Waals surface area contributed by atoms with Crippen LogP contribution in [0.1, 0.15) is 15.9 Å². The van der Waals surface area contributed by atoms with Crippen molar-refractivity contribution in [3.8, 4) is 0 Å². The quantitative estimate of drug-likeness (QED) is 0.839. The van der Waals surface area contributed by atoms with Gasteiger partial charge in [-0.3, -0.25) is 9.52 Å². The van der Waals surface area contributed by atoms with Gasteiger partial charge in [-0.15, -0.1) is 0 Å². The van der Waals surface area contributed by atoms with Crippen LogP contribution in [0.4, 0.5) is 10.1 Å². The molecule has 0 heterocycles. The first-order valence-electron chi connectivity index (χ1n) is 5.84. The molecule has 2 aromatic carbocycles. The average Bonchev–Trinajstić information content (AvgIpc) is 2.40. The van der Waals surface area contributed by atoms with Crippen LogP contribution < -0.4 is 4.72 Å². The van der Waals surface area contributed by atoms with Gasteiger partial charge in [0.2, 0.25) is 10.0 Å². The molecule has 2 rings (SSSR count). The monoisotopic (exact) mass is 371 g/mol. The maximum absolute atomic E-state index is 13.2. The lowest BCUT2D eigenvalue weighted by Crippen LogP contribution is -2.10. The van der Waals surface area contributed by atoms with Crippen molar-refractivity contribution in [2.45, 2.75) is 0 Å². The fraction of sp³-hybridized carbons (Fsp3) is 0.0714. The van der Waals surface area contributed by atoms with Gasteiger partial charge in [0.05, 0.1) is 6.26 Å². The fourth-order valence-corrected chi connectivity index (χ4v) is 2.72. The number of carbonyl (C=O) groups is 1. The topological polar surface area (TPSA) is 63.2 Å². The van der Waals surface area contributed by atoms with E-state index in [0.717, 1.165) is 12.3 Å². The Morgan fingerprint density at radius 3 is 2.33 bits per heavy atom. The molecule has 21 heavy (non-hydrogen) atoms. The molecule has 0 atom stereocenters. The summed E-state index contributed by atoms with van der Waals surface area (Å²) >= 11 is 3.20. The van der Waals surface area contributed by atoms with Crippen molar-refractivity contribution in [3.63, 3.8) is 0 Å². The van der Waals surface area contributed by atoms with Crippen LogP contribution in [-0.4, -0.2) is 20.5 Å². The summed E-state index contributed by atoms with van der Waals surface area (Å²) in [7, 11) is -3.37. The molecule has 4 nitrogen and oxygen atoms in total. The molecule has 0 aliphatic rings. The normalized spacial score (nSPS) is 11.2. The van der Waals surface area contributed by atoms with Gasteiger partial charge >= 0.3 is 0 Å². The Kier molecular flexibility index (Phi) is 4.43. The molecule has 0 bridgehead atoms. The van der Waals surface area contributed by atoms with E-state index in [1.54, 1.807) is 0 Å². The highest BCUT2D eigenvalue weighted by atomic mass is 79.9. The lowest BCUT2D eigenvalue weighted by Gasteiger charge is -2.06. The summed E-state index contributed by atoms with van der Waals surface area (Å²) in [5.74, 6) is -0.857. The summed E-state index contributed by atoms with van der Waals surface area (Å²) in [6.07, 6.45) is 1.04. The number of carbonyl (C=O) groups excluding carboxylic acids is 1. The van der Waals surface area contributed by atoms with Crippen LogP contribution in [-0.2, 0) is 10.0 Å². The van der Waals surface area contributed by atoms with E-state index < -0.39 is 15.8 Å². The molecule has 0 aliphatic heterocycles. The SMILES string of the molecule is CS(=O)(=O)Nc1ccc(C(=O)c2cc(F)ccc2Br)cc1. The minimum absolute atomic E-state index is 0.207. The summed E-state index contributed by atoms with van der Waals surface area (Å²) in [5, 5.41) is 0. The van der Waals surface area contributed by atoms with Crippen molar-refractivity contribution in [1.29, 1.82) is 0 Å². The predicted octanol–water partition coefficient (Wildman–Crippen LogP) is 3.19. The van der Waals surface area contributed by atoms with Gasteiger partial charge in [-0.25, -0.2) is 12.8 Å². The third kappa shape index (κ3) is 4.12. The Morgan fingerprint density at radius 2 is 1.76 bits per heavy atom. The van der Waals surface area contributed by atoms with Crippen LogP contribution in [0.25, 0.3) is 0 Å². The zero-order chi connectivity index (χ0) is 15.6. The molecule has 1 N–H and O–H groups in total. The second-order valence-corrected chi connectivity index (χ2v) is 7.01. The molecule has 0 fully saturated rings. The summed E-state index contributed by atoms with van der Waals surface area (Å²) in [5.41, 5.74) is 0.895. The van der Waals surface area contributed by atoms with Crippen molar-refractivity contribution >= 4 is 37.4 Å². The largest absolute Gasteiger partial charge is 0.289 e. The van der Waals surface area contributed by atoms with Crippen LogP contribution in [0, 0.1) is 5.82 Å². The van der Waals surface area contributed by atoms with E-state index in [1.807, 2.05) is 0 Å². The third-order valence-electron chi connectivity index (χ3n) is 2.62. The van der Waals surface area contributed by atoms with Gasteiger partial charge in [0.1, 0.15) is 5.82 Å². The molecule has 0 amide bonds. The summed E-state index contributed by atoms with van der Waals surface area (Å²) < 4.78 is 38.2. The highest BCUT2D eigenvalue weighted by Crippen LogP contribution is 2.22. The zero-order valence-corrected chi connectivity index (χ0v) is 13.3. The van der Waals surface area contributed by atoms with Gasteiger partial charge < -0.3 is 0 Å². The lowest BCUT2D eigenvalue weighted by atomic mass is 10.0. The Labute approximate surface area is 130 Å². The maximum atomic E-state index is 13.2. The predicted molar refractivity (Wildman–Crippen MR) is 82.4 cm³/mol. The first-order chi connectivity index (χ1) is 9.76. The minimum atomic E-state index is -3.37. The maximum Gasteiger partial charge on any atom is 0.229 e. The van der Waals surface area contributed by atoms with E-state index in [-0.39, 0.29) is 11.3 Å². The number of hydrogen-bond donors (Lipinski definition) is 1. The van der Waals surface area contributed by atoms with Gasteiger partial charge in [0.15, 0.2) is 5.78 Å². The fourth-order valence-electron chi connectivity index (χ4n) is 1.73. The van der Waals surface area contributed by atoms with Gasteiger partial charge in [-0.2, -0.15) is 0 Å². The number of ketones is 1. The third-order valence-corrected chi connectivity index (χ3v) is 3.92. The number of anilines is 1. The second kappa shape index (κ2) is 5.95. The molecule has 0 aromatic heterocycles. The number of benzene rings is 2. The van der Waals surface area contributed by atoms with E-state index in [4.69, 9.17) is 0 Å². The van der Waals surface area contributed by atoms with Gasteiger partial charge in [-0.1, -0.05) is 15.9 Å². The van der Waals surface area contributed by atoms with Crippen molar-refractivity contribution in [1.82, 2.24) is 0 Å². The number of hydrogen-bond acceptors (Lipinski definition) is 3. The molecule has 110 valence electrons. The Morgan fingerprint density at radius 1 is 1.14 bits per heavy atom. The smallest absolute Gasteiger partial charge is 0.229 e. The lowest BCUT2D eigenvalue weighted by molar-refractivity contribution is 0.103. The molecule has 0 saturated heterocycles. The van der Waals surface area contributed by atoms with E-state index in [9.17, 15) is 17.6 Å². The second-order valence-electron chi connectivity index (χ2n) is 4.40. The molecular formula is C14H11BrFNO3S. The zero-order valence-electron chi connectivity index (χ0n) is 10.9. The van der Waals surface area contributed by atoms with E-state index >= 15 is 0 Å². The summed E-state index contributed by atoms with van der Waals surface area (Å²) in [4.78, 5) is 12.3. The minimum Gasteiger partial charge on any atom is -0.289 e. The Bertz CT molecular complexity index is 788. The number of nitrogens with one attached hydrogen (secondary N) is 1. The Hall–Kier alpha value is -1.73. The number of halogens is 2. The van der Waals surface area contributed by atoms with Crippen molar-refractivity contribution in [2.75, 3.05) is 11.0 Å². The summed E-state index contributed by atoms with van der Waals surface area (Å²) in [6, 6.07) is 9.76. The molecular weight excluding hydrogens is 361 g/mol. The first-order valence-corrected chi connectivity index (χ1v) is 8.52. The van der Waals surface area contributed by atoms with Gasteiger partial charge in [0.25, 0.3) is 0 Å². The molecule has 0 spiro atoms. The summed E-state index contributed by atoms with van der Waals surface area (Å²) in [6.45, 7) is 0. The van der Waals surface area contributed by atoms with Crippen LogP contribution in [0.15, 0.2) is 46.9 Å². The van der Waals surface area contributed by atoms with Gasteiger partial charge in [-0.05, 0) is 42.5 Å². The first kappa shape index (κ1) is 15.7. The van der Waals surface area contributed by atoms with Crippen LogP contribution in [0.5, 0.6) is 0 Å². The molecule has 0 unspecified atom stereocenters. The standard InChI is InChI=1S/C14H11BrFNO3S/c1-21(19,20)17-11-5-2-9(3-6-11)14(18)12-8-10(16)4-7-13(12)15/h2-8,17H,1H3. The van der Waals surface area contributed by atoms with Crippen LogP contribution >= 0.6 is 15.9 Å². The van der Waals surface area contributed by atoms with Crippen LogP contribution in [0.3, 0.4) is 0 Å².